The van der Waals surface area contributed by atoms with Crippen molar-refractivity contribution in [2.45, 2.75) is 45.4 Å². The van der Waals surface area contributed by atoms with Gasteiger partial charge in [0.25, 0.3) is 0 Å². The molecule has 1 amide bonds. The van der Waals surface area contributed by atoms with Gasteiger partial charge in [0.2, 0.25) is 5.91 Å². The summed E-state index contributed by atoms with van der Waals surface area (Å²) in [5.41, 5.74) is 4.29. The van der Waals surface area contributed by atoms with E-state index < -0.39 is 0 Å². The fourth-order valence-corrected chi connectivity index (χ4v) is 4.05. The number of aromatic nitrogens is 3. The van der Waals surface area contributed by atoms with E-state index in [-0.39, 0.29) is 17.8 Å². The molecule has 1 unspecified atom stereocenters. The van der Waals surface area contributed by atoms with Gasteiger partial charge in [0.05, 0.1) is 5.75 Å². The van der Waals surface area contributed by atoms with Gasteiger partial charge in [-0.25, -0.2) is 0 Å². The summed E-state index contributed by atoms with van der Waals surface area (Å²) in [6.07, 6.45) is 0.609. The fraction of sp³-hybridized carbons (Fsp3) is 0.348. The number of hydrogen-bond donors (Lipinski definition) is 1. The lowest BCUT2D eigenvalue weighted by Crippen LogP contribution is -2.16. The van der Waals surface area contributed by atoms with Crippen molar-refractivity contribution in [1.29, 1.82) is 0 Å². The first-order valence-electron chi connectivity index (χ1n) is 10.0. The third kappa shape index (κ3) is 5.42. The molecule has 1 N–H and O–H groups in total. The van der Waals surface area contributed by atoms with Crippen molar-refractivity contribution in [2.24, 2.45) is 7.05 Å². The van der Waals surface area contributed by atoms with Crippen LogP contribution in [0.3, 0.4) is 0 Å². The van der Waals surface area contributed by atoms with Crippen molar-refractivity contribution in [1.82, 2.24) is 14.8 Å². The topological polar surface area (TPSA) is 69.0 Å². The molecular weight excluding hydrogens is 396 g/mol. The predicted molar refractivity (Wildman–Crippen MR) is 121 cm³/mol. The van der Waals surface area contributed by atoms with Gasteiger partial charge < -0.3 is 14.6 Å². The summed E-state index contributed by atoms with van der Waals surface area (Å²) >= 11 is 1.36. The zero-order valence-corrected chi connectivity index (χ0v) is 18.9. The highest BCUT2D eigenvalue weighted by Crippen LogP contribution is 2.25. The van der Waals surface area contributed by atoms with Crippen LogP contribution < -0.4 is 10.1 Å². The first-order chi connectivity index (χ1) is 14.4. The van der Waals surface area contributed by atoms with Gasteiger partial charge in [-0.3, -0.25) is 4.79 Å². The van der Waals surface area contributed by atoms with Crippen LogP contribution in [-0.4, -0.2) is 26.4 Å². The van der Waals surface area contributed by atoms with Gasteiger partial charge in [-0.2, -0.15) is 0 Å². The summed E-state index contributed by atoms with van der Waals surface area (Å²) in [6, 6.07) is 14.0. The van der Waals surface area contributed by atoms with Crippen molar-refractivity contribution in [3.05, 3.63) is 65.0 Å². The number of amides is 1. The molecule has 1 aromatic heterocycles. The standard InChI is InChI=1S/C23H28N4O2S/c1-6-18-9-7-8-10-20(18)24-21(28)14-30-23-26-25-22(27(23)5)17(4)29-19-12-15(2)11-16(3)13-19/h7-13,17H,6,14H2,1-5H3,(H,24,28). The minimum absolute atomic E-state index is 0.0648. The largest absolute Gasteiger partial charge is 0.483 e. The van der Waals surface area contributed by atoms with Gasteiger partial charge in [0.15, 0.2) is 17.1 Å². The Bertz CT molecular complexity index is 1010. The molecule has 0 saturated heterocycles. The summed E-state index contributed by atoms with van der Waals surface area (Å²) in [5.74, 6) is 1.72. The summed E-state index contributed by atoms with van der Waals surface area (Å²) < 4.78 is 7.95. The number of para-hydroxylation sites is 1. The third-order valence-corrected chi connectivity index (χ3v) is 5.77. The summed E-state index contributed by atoms with van der Waals surface area (Å²) in [6.45, 7) is 8.11. The van der Waals surface area contributed by atoms with Gasteiger partial charge >= 0.3 is 0 Å². The molecule has 3 rings (SSSR count). The SMILES string of the molecule is CCc1ccccc1NC(=O)CSc1nnc(C(C)Oc2cc(C)cc(C)c2)n1C. The number of nitrogens with zero attached hydrogens (tertiary/aromatic N) is 3. The molecule has 6 nitrogen and oxygen atoms in total. The lowest BCUT2D eigenvalue weighted by Gasteiger charge is -2.15. The van der Waals surface area contributed by atoms with Gasteiger partial charge in [0.1, 0.15) is 5.75 Å². The maximum atomic E-state index is 12.4. The molecule has 0 aliphatic carbocycles. The Morgan fingerprint density at radius 3 is 2.57 bits per heavy atom. The number of hydrogen-bond acceptors (Lipinski definition) is 5. The van der Waals surface area contributed by atoms with Crippen LogP contribution in [0.4, 0.5) is 5.69 Å². The number of carbonyl (C=O) groups excluding carboxylic acids is 1. The van der Waals surface area contributed by atoms with Crippen LogP contribution in [0.25, 0.3) is 0 Å². The molecule has 0 aliphatic rings. The van der Waals surface area contributed by atoms with Crippen molar-refractivity contribution in [3.8, 4) is 5.75 Å². The first kappa shape index (κ1) is 21.9. The zero-order valence-electron chi connectivity index (χ0n) is 18.1. The van der Waals surface area contributed by atoms with Crippen molar-refractivity contribution in [3.63, 3.8) is 0 Å². The van der Waals surface area contributed by atoms with E-state index in [2.05, 4.69) is 28.5 Å². The Balaban J connectivity index is 1.61. The Labute approximate surface area is 182 Å². The number of rotatable bonds is 8. The van der Waals surface area contributed by atoms with Crippen molar-refractivity contribution < 1.29 is 9.53 Å². The van der Waals surface area contributed by atoms with Crippen LogP contribution in [0.2, 0.25) is 0 Å². The Morgan fingerprint density at radius 2 is 1.87 bits per heavy atom. The second kappa shape index (κ2) is 9.80. The molecule has 0 radical (unpaired) electrons. The van der Waals surface area contributed by atoms with Gasteiger partial charge in [0, 0.05) is 12.7 Å². The lowest BCUT2D eigenvalue weighted by molar-refractivity contribution is -0.113. The number of thioether (sulfide) groups is 1. The number of benzene rings is 2. The maximum Gasteiger partial charge on any atom is 0.234 e. The van der Waals surface area contributed by atoms with E-state index in [4.69, 9.17) is 4.74 Å². The molecule has 7 heteroatoms. The quantitative estimate of drug-likeness (QED) is 0.523. The van der Waals surface area contributed by atoms with Crippen LogP contribution >= 0.6 is 11.8 Å². The molecule has 2 aromatic carbocycles. The van der Waals surface area contributed by atoms with Crippen LogP contribution in [0, 0.1) is 13.8 Å². The van der Waals surface area contributed by atoms with E-state index in [1.54, 1.807) is 0 Å². The molecule has 1 heterocycles. The summed E-state index contributed by atoms with van der Waals surface area (Å²) in [5, 5.41) is 12.2. The van der Waals surface area contributed by atoms with Gasteiger partial charge in [-0.1, -0.05) is 43.0 Å². The van der Waals surface area contributed by atoms with Crippen LogP contribution in [-0.2, 0) is 18.3 Å². The molecule has 158 valence electrons. The third-order valence-electron chi connectivity index (χ3n) is 4.74. The van der Waals surface area contributed by atoms with E-state index in [1.165, 1.54) is 11.8 Å². The Morgan fingerprint density at radius 1 is 1.17 bits per heavy atom. The number of carbonyl (C=O) groups is 1. The molecule has 0 fully saturated rings. The van der Waals surface area contributed by atoms with E-state index in [9.17, 15) is 4.79 Å². The van der Waals surface area contributed by atoms with Crippen molar-refractivity contribution in [2.75, 3.05) is 11.1 Å². The lowest BCUT2D eigenvalue weighted by atomic mass is 10.1. The highest BCUT2D eigenvalue weighted by molar-refractivity contribution is 7.99. The fourth-order valence-electron chi connectivity index (χ4n) is 3.33. The molecule has 1 atom stereocenters. The minimum Gasteiger partial charge on any atom is -0.483 e. The number of aryl methyl sites for hydroxylation is 3. The summed E-state index contributed by atoms with van der Waals surface area (Å²) in [4.78, 5) is 12.4. The molecular formula is C23H28N4O2S. The van der Waals surface area contributed by atoms with Gasteiger partial charge in [-0.15, -0.1) is 10.2 Å². The second-order valence-electron chi connectivity index (χ2n) is 7.33. The normalized spacial score (nSPS) is 11.9. The molecule has 30 heavy (non-hydrogen) atoms. The highest BCUT2D eigenvalue weighted by Gasteiger charge is 2.18. The van der Waals surface area contributed by atoms with E-state index in [0.717, 1.165) is 34.5 Å². The van der Waals surface area contributed by atoms with Crippen LogP contribution in [0.15, 0.2) is 47.6 Å². The second-order valence-corrected chi connectivity index (χ2v) is 8.27. The van der Waals surface area contributed by atoms with E-state index in [1.807, 2.05) is 68.8 Å². The molecule has 0 saturated carbocycles. The first-order valence-corrected chi connectivity index (χ1v) is 11.0. The minimum atomic E-state index is -0.261. The molecule has 3 aromatic rings. The monoisotopic (exact) mass is 424 g/mol. The number of anilines is 1. The average Bonchev–Trinajstić information content (AvgIpc) is 3.06. The highest BCUT2D eigenvalue weighted by atomic mass is 32.2. The molecule has 0 bridgehead atoms. The summed E-state index contributed by atoms with van der Waals surface area (Å²) in [7, 11) is 1.89. The van der Waals surface area contributed by atoms with Crippen LogP contribution in [0.1, 0.15) is 42.5 Å². The smallest absolute Gasteiger partial charge is 0.234 e. The van der Waals surface area contributed by atoms with Crippen LogP contribution in [0.5, 0.6) is 5.75 Å². The van der Waals surface area contributed by atoms with E-state index >= 15 is 0 Å². The molecule has 0 spiro atoms. The Hall–Kier alpha value is -2.80. The number of ether oxygens (including phenoxy) is 1. The average molecular weight is 425 g/mol. The number of nitrogens with one attached hydrogen (secondary N) is 1. The zero-order chi connectivity index (χ0) is 21.7. The Kier molecular flexibility index (Phi) is 7.15. The van der Waals surface area contributed by atoms with Gasteiger partial charge in [-0.05, 0) is 62.1 Å². The maximum absolute atomic E-state index is 12.4. The van der Waals surface area contributed by atoms with E-state index in [0.29, 0.717) is 11.0 Å². The predicted octanol–water partition coefficient (Wildman–Crippen LogP) is 4.87. The molecule has 0 aliphatic heterocycles. The van der Waals surface area contributed by atoms with Crippen molar-refractivity contribution >= 4 is 23.4 Å².